The van der Waals surface area contributed by atoms with Crippen LogP contribution in [0.4, 0.5) is 5.69 Å². The van der Waals surface area contributed by atoms with Crippen molar-refractivity contribution in [1.29, 1.82) is 0 Å². The van der Waals surface area contributed by atoms with E-state index in [1.807, 2.05) is 0 Å². The lowest BCUT2D eigenvalue weighted by molar-refractivity contribution is -0.385. The van der Waals surface area contributed by atoms with Crippen molar-refractivity contribution in [1.82, 2.24) is 9.62 Å². The van der Waals surface area contributed by atoms with E-state index in [1.54, 1.807) is 45.2 Å². The fourth-order valence-electron chi connectivity index (χ4n) is 3.17. The first-order valence-electron chi connectivity index (χ1n) is 9.23. The first-order valence-corrected chi connectivity index (χ1v) is 10.7. The summed E-state index contributed by atoms with van der Waals surface area (Å²) < 4.78 is 28.3. The molecule has 2 aromatic carbocycles. The molecule has 1 saturated carbocycles. The normalized spacial score (nSPS) is 14.1. The number of sulfonamides is 1. The number of rotatable bonds is 7. The first kappa shape index (κ1) is 20.9. The van der Waals surface area contributed by atoms with Gasteiger partial charge in [0.25, 0.3) is 11.6 Å². The van der Waals surface area contributed by atoms with E-state index in [9.17, 15) is 23.3 Å². The zero-order chi connectivity index (χ0) is 21.3. The third kappa shape index (κ3) is 4.30. The third-order valence-corrected chi connectivity index (χ3v) is 7.16. The molecule has 29 heavy (non-hydrogen) atoms. The maximum atomic E-state index is 13.4. The summed E-state index contributed by atoms with van der Waals surface area (Å²) in [4.78, 5) is 22.3. The van der Waals surface area contributed by atoms with Gasteiger partial charge in [0.2, 0.25) is 10.0 Å². The van der Waals surface area contributed by atoms with Crippen molar-refractivity contribution in [2.45, 2.75) is 44.2 Å². The van der Waals surface area contributed by atoms with Crippen molar-refractivity contribution in [3.05, 3.63) is 68.8 Å². The number of amides is 1. The van der Waals surface area contributed by atoms with Gasteiger partial charge in [0.15, 0.2) is 0 Å². The number of carbonyl (C=O) groups excluding carboxylic acids is 1. The number of nitrogens with zero attached hydrogens (tertiary/aromatic N) is 2. The molecule has 2 aromatic rings. The zero-order valence-corrected chi connectivity index (χ0v) is 17.3. The van der Waals surface area contributed by atoms with Crippen molar-refractivity contribution in [3.63, 3.8) is 0 Å². The van der Waals surface area contributed by atoms with E-state index in [-0.39, 0.29) is 29.1 Å². The van der Waals surface area contributed by atoms with Gasteiger partial charge in [-0.05, 0) is 55.5 Å². The van der Waals surface area contributed by atoms with E-state index in [0.717, 1.165) is 24.5 Å². The minimum absolute atomic E-state index is 0.0296. The fraction of sp³-hybridized carbons (Fsp3) is 0.350. The van der Waals surface area contributed by atoms with Crippen molar-refractivity contribution < 1.29 is 18.1 Å². The van der Waals surface area contributed by atoms with Crippen LogP contribution in [0.5, 0.6) is 0 Å². The van der Waals surface area contributed by atoms with E-state index in [0.29, 0.717) is 16.7 Å². The van der Waals surface area contributed by atoms with Crippen LogP contribution in [-0.2, 0) is 16.6 Å². The monoisotopic (exact) mass is 417 g/mol. The number of nitro groups is 1. The van der Waals surface area contributed by atoms with Crippen LogP contribution in [0.2, 0.25) is 0 Å². The Hall–Kier alpha value is -2.78. The number of aryl methyl sites for hydroxylation is 1. The minimum Gasteiger partial charge on any atom is -0.355 e. The summed E-state index contributed by atoms with van der Waals surface area (Å²) >= 11 is 0. The van der Waals surface area contributed by atoms with Crippen LogP contribution < -0.4 is 5.32 Å². The molecule has 1 amide bonds. The number of nitro benzene ring substituents is 1. The molecule has 0 aliphatic heterocycles. The Balaban J connectivity index is 1.97. The van der Waals surface area contributed by atoms with Crippen LogP contribution >= 0.6 is 0 Å². The lowest BCUT2D eigenvalue weighted by Gasteiger charge is -2.23. The van der Waals surface area contributed by atoms with Crippen LogP contribution in [0.3, 0.4) is 0 Å². The largest absolute Gasteiger partial charge is 0.355 e. The molecule has 0 aromatic heterocycles. The highest BCUT2D eigenvalue weighted by molar-refractivity contribution is 7.89. The number of hydrogen-bond acceptors (Lipinski definition) is 5. The molecule has 1 aliphatic carbocycles. The van der Waals surface area contributed by atoms with Crippen LogP contribution in [0.25, 0.3) is 0 Å². The molecule has 1 N–H and O–H groups in total. The van der Waals surface area contributed by atoms with Gasteiger partial charge < -0.3 is 5.32 Å². The number of hydrogen-bond donors (Lipinski definition) is 1. The maximum Gasteiger partial charge on any atom is 0.271 e. The second kappa shape index (κ2) is 7.92. The molecule has 0 spiro atoms. The molecular formula is C20H23N3O5S. The fourth-order valence-corrected chi connectivity index (χ4v) is 5.16. The van der Waals surface area contributed by atoms with Gasteiger partial charge >= 0.3 is 0 Å². The van der Waals surface area contributed by atoms with E-state index in [4.69, 9.17) is 0 Å². The van der Waals surface area contributed by atoms with Crippen molar-refractivity contribution in [2.75, 3.05) is 7.05 Å². The smallest absolute Gasteiger partial charge is 0.271 e. The molecule has 1 aliphatic rings. The molecule has 0 saturated heterocycles. The van der Waals surface area contributed by atoms with Crippen LogP contribution in [0, 0.1) is 24.0 Å². The van der Waals surface area contributed by atoms with Gasteiger partial charge in [0.05, 0.1) is 9.82 Å². The van der Waals surface area contributed by atoms with E-state index in [2.05, 4.69) is 5.32 Å². The topological polar surface area (TPSA) is 110 Å². The molecule has 1 fully saturated rings. The first-order chi connectivity index (χ1) is 13.6. The highest BCUT2D eigenvalue weighted by Gasteiger charge is 2.39. The molecule has 8 nitrogen and oxygen atoms in total. The van der Waals surface area contributed by atoms with Crippen molar-refractivity contribution >= 4 is 21.6 Å². The second-order valence-corrected chi connectivity index (χ2v) is 9.06. The summed E-state index contributed by atoms with van der Waals surface area (Å²) in [5, 5.41) is 13.8. The molecule has 0 heterocycles. The van der Waals surface area contributed by atoms with Gasteiger partial charge in [-0.1, -0.05) is 12.1 Å². The standard InChI is InChI=1S/C20H23N3O5S/c1-13-10-18(23(25)26)11-19(14(13)2)29(27,28)22(17-8-9-17)12-15-4-6-16(7-5-15)20(24)21-3/h4-7,10-11,17H,8-9,12H2,1-3H3,(H,21,24). The summed E-state index contributed by atoms with van der Waals surface area (Å²) in [7, 11) is -2.38. The Labute approximate surface area is 169 Å². The second-order valence-electron chi connectivity index (χ2n) is 7.20. The third-order valence-electron chi connectivity index (χ3n) is 5.14. The molecule has 154 valence electrons. The number of nitrogens with one attached hydrogen (secondary N) is 1. The minimum atomic E-state index is -3.93. The summed E-state index contributed by atoms with van der Waals surface area (Å²) in [5.41, 5.74) is 2.06. The lowest BCUT2D eigenvalue weighted by atomic mass is 10.1. The van der Waals surface area contributed by atoms with Crippen LogP contribution in [-0.4, -0.2) is 36.6 Å². The number of benzene rings is 2. The predicted octanol–water partition coefficient (Wildman–Crippen LogP) is 2.92. The van der Waals surface area contributed by atoms with Gasteiger partial charge in [-0.3, -0.25) is 14.9 Å². The quantitative estimate of drug-likeness (QED) is 0.550. The highest BCUT2D eigenvalue weighted by atomic mass is 32.2. The Morgan fingerprint density at radius 2 is 1.83 bits per heavy atom. The molecule has 0 unspecified atom stereocenters. The molecule has 3 rings (SSSR count). The van der Waals surface area contributed by atoms with Gasteiger partial charge in [-0.2, -0.15) is 4.31 Å². The van der Waals surface area contributed by atoms with Gasteiger partial charge in [0, 0.05) is 37.3 Å². The zero-order valence-electron chi connectivity index (χ0n) is 16.5. The van der Waals surface area contributed by atoms with Gasteiger partial charge in [0.1, 0.15) is 0 Å². The Kier molecular flexibility index (Phi) is 5.72. The van der Waals surface area contributed by atoms with E-state index < -0.39 is 14.9 Å². The summed E-state index contributed by atoms with van der Waals surface area (Å²) in [6, 6.07) is 9.14. The van der Waals surface area contributed by atoms with E-state index in [1.165, 1.54) is 10.4 Å². The average Bonchev–Trinajstić information content (AvgIpc) is 3.52. The number of non-ortho nitro benzene ring substituents is 1. The van der Waals surface area contributed by atoms with Crippen LogP contribution in [0.1, 0.15) is 39.9 Å². The maximum absolute atomic E-state index is 13.4. The summed E-state index contributed by atoms with van der Waals surface area (Å²) in [6.07, 6.45) is 1.50. The molecule has 0 bridgehead atoms. The van der Waals surface area contributed by atoms with E-state index >= 15 is 0 Å². The number of carbonyl (C=O) groups is 1. The highest BCUT2D eigenvalue weighted by Crippen LogP contribution is 2.36. The Bertz CT molecular complexity index is 1060. The molecule has 9 heteroatoms. The predicted molar refractivity (Wildman–Crippen MR) is 108 cm³/mol. The lowest BCUT2D eigenvalue weighted by Crippen LogP contribution is -2.33. The van der Waals surface area contributed by atoms with Gasteiger partial charge in [-0.15, -0.1) is 0 Å². The van der Waals surface area contributed by atoms with Gasteiger partial charge in [-0.25, -0.2) is 8.42 Å². The summed E-state index contributed by atoms with van der Waals surface area (Å²) in [6.45, 7) is 3.47. The molecule has 0 radical (unpaired) electrons. The Morgan fingerprint density at radius 3 is 2.34 bits per heavy atom. The molecular weight excluding hydrogens is 394 g/mol. The van der Waals surface area contributed by atoms with Crippen molar-refractivity contribution in [2.24, 2.45) is 0 Å². The average molecular weight is 417 g/mol. The van der Waals surface area contributed by atoms with Crippen LogP contribution in [0.15, 0.2) is 41.3 Å². The SMILES string of the molecule is CNC(=O)c1ccc(CN(C2CC2)S(=O)(=O)c2cc([N+](=O)[O-])cc(C)c2C)cc1. The van der Waals surface area contributed by atoms with Crippen molar-refractivity contribution in [3.8, 4) is 0 Å². The summed E-state index contributed by atoms with van der Waals surface area (Å²) in [5.74, 6) is -0.217. The molecule has 0 atom stereocenters. The Morgan fingerprint density at radius 1 is 1.21 bits per heavy atom.